The van der Waals surface area contributed by atoms with E-state index in [1.165, 1.54) is 6.07 Å². The zero-order chi connectivity index (χ0) is 22.7. The zero-order valence-corrected chi connectivity index (χ0v) is 21.0. The van der Waals surface area contributed by atoms with Gasteiger partial charge in [0, 0.05) is 64.5 Å². The minimum absolute atomic E-state index is 0. The molecule has 33 heavy (non-hydrogen) atoms. The van der Waals surface area contributed by atoms with Crippen molar-refractivity contribution in [3.63, 3.8) is 0 Å². The molecule has 2 N–H and O–H groups in total. The van der Waals surface area contributed by atoms with Crippen LogP contribution in [0.5, 0.6) is 0 Å². The number of carbonyl (C=O) groups excluding carboxylic acids is 1. The molecule has 0 radical (unpaired) electrons. The van der Waals surface area contributed by atoms with Gasteiger partial charge in [-0.1, -0.05) is 6.07 Å². The van der Waals surface area contributed by atoms with E-state index < -0.39 is 5.97 Å². The molecule has 8 heteroatoms. The number of hydrogen-bond acceptors (Lipinski definition) is 4. The second-order valence-electron chi connectivity index (χ2n) is 9.51. The normalized spacial score (nSPS) is 20.8. The van der Waals surface area contributed by atoms with Crippen molar-refractivity contribution in [2.24, 2.45) is 11.3 Å². The Morgan fingerprint density at radius 2 is 1.91 bits per heavy atom. The van der Waals surface area contributed by atoms with E-state index in [9.17, 15) is 19.1 Å². The smallest absolute Gasteiger partial charge is 0.333 e. The molecule has 1 heterocycles. The molecular formula is C25H33FMoN3O3-. The molecule has 2 aliphatic carbocycles. The van der Waals surface area contributed by atoms with Crippen LogP contribution in [0.1, 0.15) is 44.9 Å². The number of allylic oxidation sites excluding steroid dienone is 1. The summed E-state index contributed by atoms with van der Waals surface area (Å²) in [6.07, 6.45) is 5.54. The van der Waals surface area contributed by atoms with Crippen LogP contribution < -0.4 is 10.2 Å². The number of carboxylic acids is 1. The number of hydrogen-bond donors (Lipinski definition) is 2. The summed E-state index contributed by atoms with van der Waals surface area (Å²) in [7, 11) is 0. The summed E-state index contributed by atoms with van der Waals surface area (Å²) in [5, 5.41) is 12.6. The molecule has 1 aliphatic heterocycles. The van der Waals surface area contributed by atoms with Gasteiger partial charge in [0.1, 0.15) is 5.82 Å². The van der Waals surface area contributed by atoms with Gasteiger partial charge in [-0.05, 0) is 68.7 Å². The number of amides is 1. The first-order chi connectivity index (χ1) is 15.4. The Labute approximate surface area is 209 Å². The molecule has 6 nitrogen and oxygen atoms in total. The van der Waals surface area contributed by atoms with Crippen LogP contribution in [0, 0.1) is 24.1 Å². The minimum atomic E-state index is -0.909. The first kappa shape index (κ1) is 25.9. The van der Waals surface area contributed by atoms with Gasteiger partial charge in [-0.25, -0.2) is 9.18 Å². The second-order valence-corrected chi connectivity index (χ2v) is 9.51. The van der Waals surface area contributed by atoms with Crippen LogP contribution in [0.4, 0.5) is 10.1 Å². The van der Waals surface area contributed by atoms with Crippen molar-refractivity contribution in [2.45, 2.75) is 44.9 Å². The molecule has 1 aromatic rings. The SMILES string of the molecule is [CH2-]C[C@@H](CCN1CCN(c2cccc(F)c2)CC1)C(=O)NC1=C(C(=O)O)CC2(CC1)CC2.[Mo]. The topological polar surface area (TPSA) is 72.9 Å². The molecular weight excluding hydrogens is 505 g/mol. The van der Waals surface area contributed by atoms with Gasteiger partial charge in [-0.3, -0.25) is 9.69 Å². The van der Waals surface area contributed by atoms with E-state index >= 15 is 0 Å². The number of anilines is 1. The molecule has 1 amide bonds. The molecule has 0 unspecified atom stereocenters. The number of aliphatic carboxylic acids is 1. The van der Waals surface area contributed by atoms with Crippen LogP contribution in [0.2, 0.25) is 0 Å². The van der Waals surface area contributed by atoms with Crippen molar-refractivity contribution in [1.29, 1.82) is 0 Å². The fraction of sp³-hybridized carbons (Fsp3) is 0.560. The Hall–Kier alpha value is -1.72. The van der Waals surface area contributed by atoms with Crippen LogP contribution in [0.25, 0.3) is 0 Å². The van der Waals surface area contributed by atoms with Crippen LogP contribution in [-0.2, 0) is 30.7 Å². The molecule has 1 atom stereocenters. The molecule has 1 spiro atoms. The fourth-order valence-electron chi connectivity index (χ4n) is 4.96. The van der Waals surface area contributed by atoms with Gasteiger partial charge in [-0.2, -0.15) is 6.42 Å². The van der Waals surface area contributed by atoms with E-state index in [1.807, 2.05) is 6.07 Å². The molecule has 0 bridgehead atoms. The monoisotopic (exact) mass is 540 g/mol. The zero-order valence-electron chi connectivity index (χ0n) is 19.0. The number of carbonyl (C=O) groups is 2. The third-order valence-electron chi connectivity index (χ3n) is 7.37. The maximum absolute atomic E-state index is 13.5. The van der Waals surface area contributed by atoms with Crippen molar-refractivity contribution in [3.8, 4) is 0 Å². The van der Waals surface area contributed by atoms with Gasteiger partial charge in [-0.15, -0.1) is 0 Å². The van der Waals surface area contributed by atoms with E-state index in [0.29, 0.717) is 37.0 Å². The Morgan fingerprint density at radius 1 is 1.18 bits per heavy atom. The molecule has 2 fully saturated rings. The summed E-state index contributed by atoms with van der Waals surface area (Å²) in [6, 6.07) is 6.68. The van der Waals surface area contributed by atoms with Crippen LogP contribution >= 0.6 is 0 Å². The second kappa shape index (κ2) is 11.1. The summed E-state index contributed by atoms with van der Waals surface area (Å²) < 4.78 is 13.5. The summed E-state index contributed by atoms with van der Waals surface area (Å²) in [5.41, 5.74) is 2.07. The standard InChI is InChI=1S/C25H33FN3O3.Mo/c1-2-18(23(30)27-22-6-8-25(9-10-25)17-21(22)24(31)32)7-11-28-12-14-29(15-13-28)20-5-3-4-19(26)16-20;/h3-5,16,18H,1-2,6-15,17H2,(H,27,30)(H,31,32);/q-1;/t18-;/m0./s1. The summed E-state index contributed by atoms with van der Waals surface area (Å²) in [4.78, 5) is 29.1. The van der Waals surface area contributed by atoms with E-state index in [0.717, 1.165) is 57.7 Å². The van der Waals surface area contributed by atoms with E-state index in [2.05, 4.69) is 22.0 Å². The van der Waals surface area contributed by atoms with Gasteiger partial charge in [0.05, 0.1) is 5.57 Å². The predicted molar refractivity (Wildman–Crippen MR) is 121 cm³/mol. The molecule has 180 valence electrons. The van der Waals surface area contributed by atoms with Crippen LogP contribution in [-0.4, -0.2) is 54.6 Å². The van der Waals surface area contributed by atoms with Crippen LogP contribution in [0.15, 0.2) is 35.5 Å². The number of nitrogens with zero attached hydrogens (tertiary/aromatic N) is 2. The largest absolute Gasteiger partial charge is 0.478 e. The van der Waals surface area contributed by atoms with Gasteiger partial charge in [0.25, 0.3) is 0 Å². The Balaban J connectivity index is 0.00000306. The molecule has 1 aromatic carbocycles. The molecule has 0 aromatic heterocycles. The number of carboxylic acid groups (broad SMARTS) is 1. The maximum atomic E-state index is 13.5. The summed E-state index contributed by atoms with van der Waals surface area (Å²) in [6.45, 7) is 8.11. The Bertz CT molecular complexity index is 895. The third-order valence-corrected chi connectivity index (χ3v) is 7.37. The number of rotatable bonds is 8. The Morgan fingerprint density at radius 3 is 2.52 bits per heavy atom. The maximum Gasteiger partial charge on any atom is 0.333 e. The average molecular weight is 538 g/mol. The van der Waals surface area contributed by atoms with Gasteiger partial charge < -0.3 is 22.2 Å². The van der Waals surface area contributed by atoms with Crippen molar-refractivity contribution in [1.82, 2.24) is 10.2 Å². The molecule has 4 rings (SSSR count). The van der Waals surface area contributed by atoms with Crippen molar-refractivity contribution in [3.05, 3.63) is 48.3 Å². The number of benzene rings is 1. The first-order valence-electron chi connectivity index (χ1n) is 11.7. The molecule has 1 saturated heterocycles. The summed E-state index contributed by atoms with van der Waals surface area (Å²) in [5.74, 6) is -1.48. The number of piperazine rings is 1. The fourth-order valence-corrected chi connectivity index (χ4v) is 4.96. The van der Waals surface area contributed by atoms with Crippen molar-refractivity contribution in [2.75, 3.05) is 37.6 Å². The van der Waals surface area contributed by atoms with Crippen LogP contribution in [0.3, 0.4) is 0 Å². The van der Waals surface area contributed by atoms with E-state index in [1.54, 1.807) is 12.1 Å². The van der Waals surface area contributed by atoms with E-state index in [4.69, 9.17) is 0 Å². The van der Waals surface area contributed by atoms with Crippen molar-refractivity contribution >= 4 is 17.6 Å². The van der Waals surface area contributed by atoms with Crippen molar-refractivity contribution < 1.29 is 40.2 Å². The summed E-state index contributed by atoms with van der Waals surface area (Å²) >= 11 is 0. The number of nitrogens with one attached hydrogen (secondary N) is 1. The average Bonchev–Trinajstić information content (AvgIpc) is 3.54. The minimum Gasteiger partial charge on any atom is -0.478 e. The third kappa shape index (κ3) is 6.45. The molecule has 1 saturated carbocycles. The number of halogens is 1. The Kier molecular flexibility index (Phi) is 8.74. The van der Waals surface area contributed by atoms with E-state index in [-0.39, 0.29) is 44.1 Å². The van der Waals surface area contributed by atoms with Gasteiger partial charge in [0.2, 0.25) is 5.91 Å². The molecule has 3 aliphatic rings. The predicted octanol–water partition coefficient (Wildman–Crippen LogP) is 3.59. The first-order valence-corrected chi connectivity index (χ1v) is 11.7. The van der Waals surface area contributed by atoms with Gasteiger partial charge in [0.15, 0.2) is 0 Å². The quantitative estimate of drug-likeness (QED) is 0.391. The van der Waals surface area contributed by atoms with Gasteiger partial charge >= 0.3 is 5.97 Å².